The predicted molar refractivity (Wildman–Crippen MR) is 228 cm³/mol. The molecule has 12 rings (SSSR count). The lowest BCUT2D eigenvalue weighted by atomic mass is 9.27. The minimum Gasteiger partial charge on any atom is -0.310 e. The Morgan fingerprint density at radius 2 is 1.15 bits per heavy atom. The Kier molecular flexibility index (Phi) is 6.42. The summed E-state index contributed by atoms with van der Waals surface area (Å²) in [6, 6.07) is 53.6. The van der Waals surface area contributed by atoms with E-state index in [2.05, 4.69) is 172 Å². The number of nitrogens with zero attached hydrogens (tertiary/aromatic N) is 1. The van der Waals surface area contributed by atoms with E-state index < -0.39 is 0 Å². The summed E-state index contributed by atoms with van der Waals surface area (Å²) in [6.07, 6.45) is 8.20. The van der Waals surface area contributed by atoms with Crippen molar-refractivity contribution in [2.45, 2.75) is 82.5 Å². The predicted octanol–water partition coefficient (Wildman–Crippen LogP) is 14.2. The number of fused-ring (bicyclic) bond motifs is 9. The van der Waals surface area contributed by atoms with Gasteiger partial charge >= 0.3 is 0 Å². The van der Waals surface area contributed by atoms with Crippen LogP contribution in [0.5, 0.6) is 0 Å². The monoisotopic (exact) mass is 713 g/mol. The van der Waals surface area contributed by atoms with E-state index in [0.29, 0.717) is 5.41 Å². The first-order valence-electron chi connectivity index (χ1n) is 21.2. The van der Waals surface area contributed by atoms with E-state index in [1.54, 1.807) is 11.1 Å². The summed E-state index contributed by atoms with van der Waals surface area (Å²) in [5.41, 5.74) is 19.1. The molecule has 0 radical (unpaired) electrons. The van der Waals surface area contributed by atoms with Crippen LogP contribution in [0.4, 0.5) is 17.1 Å². The number of benzene rings is 6. The Balaban J connectivity index is 1.15. The van der Waals surface area contributed by atoms with Crippen LogP contribution in [0.25, 0.3) is 33.4 Å². The fraction of sp³-hybridized carbons (Fsp3) is 0.333. The van der Waals surface area contributed by atoms with Crippen molar-refractivity contribution in [2.75, 3.05) is 4.90 Å². The third-order valence-electron chi connectivity index (χ3n) is 16.4. The first kappa shape index (κ1) is 32.4. The zero-order valence-corrected chi connectivity index (χ0v) is 32.8. The second kappa shape index (κ2) is 10.9. The standard InChI is InChI=1S/C54H51N/c1-51(2)28-29-52(3,4)50-43(51)20-13-21-45(50)55(39-24-22-36(23-25-39)35-14-7-5-8-15-35)44-27-26-42-49(48(44)37-16-9-6-10-17-37)40-18-11-12-19-41(40)54(42)46-31-34-30-38-32-47(54)53(38,46)33-34/h5-27,34,38,46-47H,28-33H2,1-4H3. The van der Waals surface area contributed by atoms with E-state index in [0.717, 1.165) is 23.7 Å². The maximum absolute atomic E-state index is 2.66. The lowest BCUT2D eigenvalue weighted by Gasteiger charge is -2.76. The highest BCUT2D eigenvalue weighted by Crippen LogP contribution is 2.90. The molecule has 1 nitrogen and oxygen atoms in total. The van der Waals surface area contributed by atoms with Crippen LogP contribution in [0, 0.1) is 29.1 Å². The molecule has 0 aromatic heterocycles. The summed E-state index contributed by atoms with van der Waals surface area (Å²) < 4.78 is 0. The van der Waals surface area contributed by atoms with Gasteiger partial charge in [0.25, 0.3) is 0 Å². The van der Waals surface area contributed by atoms with Gasteiger partial charge in [0, 0.05) is 16.7 Å². The van der Waals surface area contributed by atoms with Crippen LogP contribution in [-0.2, 0) is 16.2 Å². The average molecular weight is 714 g/mol. The maximum Gasteiger partial charge on any atom is 0.0546 e. The molecule has 4 saturated carbocycles. The molecule has 6 aromatic rings. The van der Waals surface area contributed by atoms with Gasteiger partial charge in [0.05, 0.1) is 11.4 Å². The van der Waals surface area contributed by atoms with Gasteiger partial charge in [0.2, 0.25) is 0 Å². The van der Waals surface area contributed by atoms with E-state index in [-0.39, 0.29) is 16.2 Å². The second-order valence-corrected chi connectivity index (χ2v) is 19.6. The third-order valence-corrected chi connectivity index (χ3v) is 16.4. The van der Waals surface area contributed by atoms with Crippen LogP contribution >= 0.6 is 0 Å². The van der Waals surface area contributed by atoms with Crippen LogP contribution in [0.3, 0.4) is 0 Å². The van der Waals surface area contributed by atoms with Gasteiger partial charge in [-0.25, -0.2) is 0 Å². The van der Waals surface area contributed by atoms with Crippen LogP contribution in [0.2, 0.25) is 0 Å². The van der Waals surface area contributed by atoms with Gasteiger partial charge in [-0.3, -0.25) is 0 Å². The molecule has 6 unspecified atom stereocenters. The van der Waals surface area contributed by atoms with Crippen molar-refractivity contribution in [3.05, 3.63) is 162 Å². The lowest BCUT2D eigenvalue weighted by Crippen LogP contribution is -2.73. The molecule has 0 amide bonds. The number of hydrogen-bond donors (Lipinski definition) is 0. The Morgan fingerprint density at radius 1 is 0.491 bits per heavy atom. The van der Waals surface area contributed by atoms with E-state index >= 15 is 0 Å². The average Bonchev–Trinajstić information content (AvgIpc) is 3.85. The Bertz CT molecular complexity index is 2530. The summed E-state index contributed by atoms with van der Waals surface area (Å²) in [4.78, 5) is 2.66. The molecule has 55 heavy (non-hydrogen) atoms. The fourth-order valence-corrected chi connectivity index (χ4v) is 14.2. The first-order chi connectivity index (χ1) is 26.7. The lowest BCUT2D eigenvalue weighted by molar-refractivity contribution is -0.231. The highest BCUT2D eigenvalue weighted by Gasteiger charge is 2.84. The van der Waals surface area contributed by atoms with Crippen LogP contribution in [-0.4, -0.2) is 0 Å². The van der Waals surface area contributed by atoms with Crippen molar-refractivity contribution in [2.24, 2.45) is 29.1 Å². The normalized spacial score (nSPS) is 29.1. The quantitative estimate of drug-likeness (QED) is 0.172. The SMILES string of the molecule is CC1(C)CCC(C)(C)c2c(N(c3ccc(-c4ccccc4)cc3)c3ccc4c(c3-c3ccccc3)-c3ccccc3C43C4CC5CC6CC3C64C5)cccc21. The number of rotatable bonds is 5. The molecule has 6 aromatic carbocycles. The summed E-state index contributed by atoms with van der Waals surface area (Å²) >= 11 is 0. The van der Waals surface area contributed by atoms with Gasteiger partial charge in [-0.1, -0.05) is 143 Å². The fourth-order valence-electron chi connectivity index (χ4n) is 14.2. The molecule has 2 bridgehead atoms. The van der Waals surface area contributed by atoms with Crippen molar-refractivity contribution in [3.63, 3.8) is 0 Å². The summed E-state index contributed by atoms with van der Waals surface area (Å²) in [5.74, 6) is 3.48. The Hall–Kier alpha value is -4.88. The zero-order valence-electron chi connectivity index (χ0n) is 32.8. The number of hydrogen-bond acceptors (Lipinski definition) is 1. The largest absolute Gasteiger partial charge is 0.310 e. The molecule has 272 valence electrons. The van der Waals surface area contributed by atoms with Gasteiger partial charge in [0.1, 0.15) is 0 Å². The van der Waals surface area contributed by atoms with Gasteiger partial charge in [0.15, 0.2) is 0 Å². The van der Waals surface area contributed by atoms with Gasteiger partial charge in [-0.15, -0.1) is 0 Å². The highest BCUT2D eigenvalue weighted by atomic mass is 15.1. The maximum atomic E-state index is 2.66. The van der Waals surface area contributed by atoms with Crippen LogP contribution < -0.4 is 4.90 Å². The molecule has 6 atom stereocenters. The van der Waals surface area contributed by atoms with E-state index in [4.69, 9.17) is 0 Å². The summed E-state index contributed by atoms with van der Waals surface area (Å²) in [6.45, 7) is 9.87. The van der Waals surface area contributed by atoms with Crippen molar-refractivity contribution in [1.29, 1.82) is 0 Å². The molecule has 0 N–H and O–H groups in total. The molecule has 1 heteroatoms. The molecule has 4 fully saturated rings. The second-order valence-electron chi connectivity index (χ2n) is 19.6. The molecule has 0 saturated heterocycles. The van der Waals surface area contributed by atoms with E-state index in [9.17, 15) is 0 Å². The van der Waals surface area contributed by atoms with E-state index in [1.807, 2.05) is 0 Å². The topological polar surface area (TPSA) is 3.24 Å². The van der Waals surface area contributed by atoms with Crippen molar-refractivity contribution < 1.29 is 0 Å². The number of anilines is 3. The van der Waals surface area contributed by atoms with Gasteiger partial charge in [-0.05, 0) is 153 Å². The van der Waals surface area contributed by atoms with Crippen LogP contribution in [0.15, 0.2) is 140 Å². The summed E-state index contributed by atoms with van der Waals surface area (Å²) in [5, 5.41) is 0. The Morgan fingerprint density at radius 3 is 1.91 bits per heavy atom. The molecule has 0 heterocycles. The molecule has 0 aliphatic heterocycles. The smallest absolute Gasteiger partial charge is 0.0546 e. The van der Waals surface area contributed by atoms with Crippen molar-refractivity contribution in [3.8, 4) is 33.4 Å². The summed E-state index contributed by atoms with van der Waals surface area (Å²) in [7, 11) is 0. The third kappa shape index (κ3) is 4.00. The van der Waals surface area contributed by atoms with Crippen molar-refractivity contribution >= 4 is 17.1 Å². The van der Waals surface area contributed by atoms with Gasteiger partial charge < -0.3 is 4.90 Å². The molecule has 6 aliphatic carbocycles. The minimum atomic E-state index is 0.0345. The van der Waals surface area contributed by atoms with Crippen molar-refractivity contribution in [1.82, 2.24) is 0 Å². The molecule has 6 aliphatic rings. The minimum absolute atomic E-state index is 0.0345. The van der Waals surface area contributed by atoms with E-state index in [1.165, 1.54) is 100 Å². The molecular weight excluding hydrogens is 663 g/mol. The zero-order chi connectivity index (χ0) is 36.9. The highest BCUT2D eigenvalue weighted by molar-refractivity contribution is 6.02. The molecule has 2 spiro atoms. The van der Waals surface area contributed by atoms with Gasteiger partial charge in [-0.2, -0.15) is 0 Å². The molecular formula is C54H51N. The first-order valence-corrected chi connectivity index (χ1v) is 21.2. The Labute approximate surface area is 327 Å². The van der Waals surface area contributed by atoms with Crippen LogP contribution in [0.1, 0.15) is 88.5 Å².